The molecule has 0 aliphatic carbocycles. The summed E-state index contributed by atoms with van der Waals surface area (Å²) < 4.78 is 16.5. The van der Waals surface area contributed by atoms with Gasteiger partial charge in [0.2, 0.25) is 5.89 Å². The lowest BCUT2D eigenvalue weighted by Gasteiger charge is -2.39. The van der Waals surface area contributed by atoms with Gasteiger partial charge in [0.25, 0.3) is 0 Å². The normalized spacial score (nSPS) is 29.7. The Balaban J connectivity index is 1.55. The van der Waals surface area contributed by atoms with E-state index >= 15 is 0 Å². The number of piperidine rings is 1. The molecule has 0 bridgehead atoms. The highest BCUT2D eigenvalue weighted by Crippen LogP contribution is 2.36. The minimum atomic E-state index is 0.248. The molecular weight excluding hydrogens is 270 g/mol. The van der Waals surface area contributed by atoms with E-state index in [1.165, 1.54) is 5.56 Å². The van der Waals surface area contributed by atoms with Crippen molar-refractivity contribution in [3.8, 4) is 0 Å². The molecule has 21 heavy (non-hydrogen) atoms. The van der Waals surface area contributed by atoms with Crippen molar-refractivity contribution >= 4 is 0 Å². The van der Waals surface area contributed by atoms with Crippen molar-refractivity contribution in [1.82, 2.24) is 15.0 Å². The second-order valence-electron chi connectivity index (χ2n) is 5.94. The molecule has 0 N–H and O–H groups in total. The second-order valence-corrected chi connectivity index (χ2v) is 5.94. The van der Waals surface area contributed by atoms with E-state index in [-0.39, 0.29) is 12.0 Å². The predicted octanol–water partition coefficient (Wildman–Crippen LogP) is 2.12. The zero-order valence-corrected chi connectivity index (χ0v) is 12.1. The summed E-state index contributed by atoms with van der Waals surface area (Å²) in [6, 6.07) is 2.51. The van der Waals surface area contributed by atoms with Gasteiger partial charge in [0.1, 0.15) is 0 Å². The maximum Gasteiger partial charge on any atom is 0.231 e. The van der Waals surface area contributed by atoms with Crippen LogP contribution in [-0.2, 0) is 11.3 Å². The Labute approximate surface area is 123 Å². The first-order valence-corrected chi connectivity index (χ1v) is 7.46. The first-order chi connectivity index (χ1) is 10.3. The van der Waals surface area contributed by atoms with Gasteiger partial charge in [-0.25, -0.2) is 0 Å². The molecule has 2 aliphatic rings. The van der Waals surface area contributed by atoms with Gasteiger partial charge in [-0.2, -0.15) is 4.98 Å². The Morgan fingerprint density at radius 2 is 2.38 bits per heavy atom. The van der Waals surface area contributed by atoms with Gasteiger partial charge in [-0.05, 0) is 25.8 Å². The number of furan rings is 1. The topological polar surface area (TPSA) is 64.5 Å². The van der Waals surface area contributed by atoms with Gasteiger partial charge in [0.15, 0.2) is 5.82 Å². The number of aryl methyl sites for hydroxylation is 1. The molecular formula is C15H19N3O3. The first kappa shape index (κ1) is 13.0. The Kier molecular flexibility index (Phi) is 3.27. The third-order valence-corrected chi connectivity index (χ3v) is 4.47. The molecule has 0 radical (unpaired) electrons. The van der Waals surface area contributed by atoms with Crippen LogP contribution in [0, 0.1) is 6.92 Å². The standard InChI is InChI=1S/C15H19N3O3/c1-10-16-15(21-17-10)12-6-14-13(3-5-20-14)18(8-12)7-11-2-4-19-9-11/h2,4,9,12-14H,3,5-8H2,1H3/t12-,13-,14-/m1/s1. The van der Waals surface area contributed by atoms with Crippen LogP contribution in [0.4, 0.5) is 0 Å². The fourth-order valence-corrected chi connectivity index (χ4v) is 3.51. The Morgan fingerprint density at radius 1 is 1.43 bits per heavy atom. The molecule has 0 aromatic carbocycles. The lowest BCUT2D eigenvalue weighted by molar-refractivity contribution is 0.00841. The fourth-order valence-electron chi connectivity index (χ4n) is 3.51. The quantitative estimate of drug-likeness (QED) is 0.862. The van der Waals surface area contributed by atoms with Crippen molar-refractivity contribution in [2.45, 2.75) is 44.4 Å². The van der Waals surface area contributed by atoms with E-state index in [9.17, 15) is 0 Å². The molecule has 2 aromatic rings. The minimum absolute atomic E-state index is 0.248. The van der Waals surface area contributed by atoms with Gasteiger partial charge >= 0.3 is 0 Å². The van der Waals surface area contributed by atoms with Crippen LogP contribution >= 0.6 is 0 Å². The zero-order chi connectivity index (χ0) is 14.2. The van der Waals surface area contributed by atoms with E-state index in [0.29, 0.717) is 11.9 Å². The van der Waals surface area contributed by atoms with Crippen LogP contribution in [0.5, 0.6) is 0 Å². The van der Waals surface area contributed by atoms with Crippen molar-refractivity contribution in [2.24, 2.45) is 0 Å². The number of likely N-dealkylation sites (tertiary alicyclic amines) is 1. The summed E-state index contributed by atoms with van der Waals surface area (Å²) >= 11 is 0. The van der Waals surface area contributed by atoms with E-state index in [4.69, 9.17) is 13.7 Å². The maximum absolute atomic E-state index is 5.91. The molecule has 2 fully saturated rings. The highest BCUT2D eigenvalue weighted by atomic mass is 16.5. The van der Waals surface area contributed by atoms with Crippen molar-refractivity contribution in [1.29, 1.82) is 0 Å². The van der Waals surface area contributed by atoms with E-state index in [2.05, 4.69) is 15.0 Å². The molecule has 6 nitrogen and oxygen atoms in total. The molecule has 0 unspecified atom stereocenters. The largest absolute Gasteiger partial charge is 0.472 e. The number of hydrogen-bond donors (Lipinski definition) is 0. The molecule has 4 rings (SSSR count). The summed E-state index contributed by atoms with van der Waals surface area (Å²) in [5.74, 6) is 1.68. The van der Waals surface area contributed by atoms with E-state index in [1.807, 2.05) is 19.3 Å². The van der Waals surface area contributed by atoms with Crippen LogP contribution < -0.4 is 0 Å². The molecule has 0 amide bonds. The molecule has 6 heteroatoms. The average Bonchev–Trinajstić information content (AvgIpc) is 3.18. The van der Waals surface area contributed by atoms with Gasteiger partial charge in [-0.1, -0.05) is 5.16 Å². The van der Waals surface area contributed by atoms with Gasteiger partial charge in [0, 0.05) is 31.3 Å². The third-order valence-electron chi connectivity index (χ3n) is 4.47. The average molecular weight is 289 g/mol. The van der Waals surface area contributed by atoms with E-state index in [1.54, 1.807) is 6.26 Å². The smallest absolute Gasteiger partial charge is 0.231 e. The monoisotopic (exact) mass is 289 g/mol. The van der Waals surface area contributed by atoms with Crippen LogP contribution in [0.2, 0.25) is 0 Å². The van der Waals surface area contributed by atoms with Crippen LogP contribution in [-0.4, -0.2) is 40.3 Å². The van der Waals surface area contributed by atoms with Crippen molar-refractivity contribution in [3.05, 3.63) is 35.9 Å². The summed E-state index contributed by atoms with van der Waals surface area (Å²) in [4.78, 5) is 6.87. The fraction of sp³-hybridized carbons (Fsp3) is 0.600. The van der Waals surface area contributed by atoms with Gasteiger partial charge < -0.3 is 13.7 Å². The summed E-state index contributed by atoms with van der Waals surface area (Å²) in [6.07, 6.45) is 5.86. The summed E-state index contributed by atoms with van der Waals surface area (Å²) in [6.45, 7) is 4.50. The van der Waals surface area contributed by atoms with Crippen molar-refractivity contribution < 1.29 is 13.7 Å². The molecule has 0 saturated carbocycles. The number of hydrogen-bond acceptors (Lipinski definition) is 6. The molecule has 4 heterocycles. The second kappa shape index (κ2) is 5.27. The number of ether oxygens (including phenoxy) is 1. The summed E-state index contributed by atoms with van der Waals surface area (Å²) in [7, 11) is 0. The molecule has 2 aromatic heterocycles. The first-order valence-electron chi connectivity index (χ1n) is 7.46. The Hall–Kier alpha value is -1.66. The van der Waals surface area contributed by atoms with E-state index in [0.717, 1.165) is 38.4 Å². The summed E-state index contributed by atoms with van der Waals surface area (Å²) in [5.41, 5.74) is 1.20. The number of rotatable bonds is 3. The van der Waals surface area contributed by atoms with Crippen LogP contribution in [0.1, 0.15) is 36.0 Å². The van der Waals surface area contributed by atoms with Crippen molar-refractivity contribution in [3.63, 3.8) is 0 Å². The molecule has 3 atom stereocenters. The van der Waals surface area contributed by atoms with Gasteiger partial charge in [-0.15, -0.1) is 0 Å². The van der Waals surface area contributed by atoms with Crippen LogP contribution in [0.3, 0.4) is 0 Å². The number of fused-ring (bicyclic) bond motifs is 1. The zero-order valence-electron chi connectivity index (χ0n) is 12.1. The third kappa shape index (κ3) is 2.49. The highest BCUT2D eigenvalue weighted by Gasteiger charge is 2.42. The predicted molar refractivity (Wildman–Crippen MR) is 73.7 cm³/mol. The molecule has 112 valence electrons. The lowest BCUT2D eigenvalue weighted by Crippen LogP contribution is -2.48. The highest BCUT2D eigenvalue weighted by molar-refractivity contribution is 5.09. The molecule has 2 saturated heterocycles. The van der Waals surface area contributed by atoms with E-state index < -0.39 is 0 Å². The minimum Gasteiger partial charge on any atom is -0.472 e. The van der Waals surface area contributed by atoms with Crippen molar-refractivity contribution in [2.75, 3.05) is 13.2 Å². The number of nitrogens with zero attached hydrogens (tertiary/aromatic N) is 3. The number of aromatic nitrogens is 2. The Bertz CT molecular complexity index is 595. The Morgan fingerprint density at radius 3 is 3.14 bits per heavy atom. The van der Waals surface area contributed by atoms with Gasteiger partial charge in [0.05, 0.1) is 24.5 Å². The lowest BCUT2D eigenvalue weighted by atomic mass is 9.89. The molecule has 0 spiro atoms. The molecule has 2 aliphatic heterocycles. The summed E-state index contributed by atoms with van der Waals surface area (Å²) in [5, 5.41) is 3.92. The SMILES string of the molecule is Cc1noc([C@@H]2C[C@H]3OCC[C@H]3N(Cc3ccoc3)C2)n1. The van der Waals surface area contributed by atoms with Gasteiger partial charge in [-0.3, -0.25) is 4.90 Å². The van der Waals surface area contributed by atoms with Crippen LogP contribution in [0.25, 0.3) is 0 Å². The van der Waals surface area contributed by atoms with Crippen LogP contribution in [0.15, 0.2) is 27.5 Å². The maximum atomic E-state index is 5.91.